The third-order valence-electron chi connectivity index (χ3n) is 8.85. The van der Waals surface area contributed by atoms with Crippen LogP contribution < -0.4 is 5.32 Å². The number of carboxylic acid groups (broad SMARTS) is 1. The van der Waals surface area contributed by atoms with Gasteiger partial charge in [0.1, 0.15) is 0 Å². The highest BCUT2D eigenvalue weighted by Crippen LogP contribution is 2.63. The summed E-state index contributed by atoms with van der Waals surface area (Å²) < 4.78 is 0. The van der Waals surface area contributed by atoms with Gasteiger partial charge >= 0.3 is 12.0 Å². The van der Waals surface area contributed by atoms with Gasteiger partial charge in [0.15, 0.2) is 0 Å². The number of nitrogens with one attached hydrogen (secondary N) is 1. The number of fused-ring (bicyclic) bond motifs is 5. The van der Waals surface area contributed by atoms with Gasteiger partial charge in [-0.3, -0.25) is 9.69 Å². The Morgan fingerprint density at radius 1 is 1.03 bits per heavy atom. The minimum absolute atomic E-state index is 0.0370. The summed E-state index contributed by atoms with van der Waals surface area (Å²) in [7, 11) is 0. The first kappa shape index (κ1) is 25.7. The molecular formula is C29H42N2O4. The van der Waals surface area contributed by atoms with Crippen LogP contribution in [0.5, 0.6) is 0 Å². The number of nitrogens with zero attached hydrogens (tertiary/aromatic N) is 1. The molecule has 0 aliphatic heterocycles. The van der Waals surface area contributed by atoms with Crippen molar-refractivity contribution < 1.29 is 19.5 Å². The number of imide groups is 1. The molecule has 6 nitrogen and oxygen atoms in total. The van der Waals surface area contributed by atoms with Crippen LogP contribution in [0.1, 0.15) is 108 Å². The van der Waals surface area contributed by atoms with Crippen molar-refractivity contribution in [2.45, 2.75) is 104 Å². The Kier molecular flexibility index (Phi) is 6.34. The molecule has 2 N–H and O–H groups in total. The third-order valence-corrected chi connectivity index (χ3v) is 8.85. The predicted octanol–water partition coefficient (Wildman–Crippen LogP) is 5.99. The van der Waals surface area contributed by atoms with E-state index in [0.29, 0.717) is 23.3 Å². The van der Waals surface area contributed by atoms with Gasteiger partial charge in [-0.15, -0.1) is 0 Å². The van der Waals surface area contributed by atoms with E-state index in [1.807, 2.05) is 53.7 Å². The molecular weight excluding hydrogens is 440 g/mol. The molecule has 2 saturated carbocycles. The number of urea groups is 1. The minimum atomic E-state index is -0.873. The number of carbonyl (C=O) groups is 3. The smallest absolute Gasteiger partial charge is 0.335 e. The van der Waals surface area contributed by atoms with Crippen molar-refractivity contribution in [3.8, 4) is 0 Å². The molecule has 5 atom stereocenters. The van der Waals surface area contributed by atoms with Crippen LogP contribution in [-0.2, 0) is 11.2 Å². The molecule has 0 radical (unpaired) electrons. The van der Waals surface area contributed by atoms with Crippen molar-refractivity contribution in [1.29, 1.82) is 0 Å². The summed E-state index contributed by atoms with van der Waals surface area (Å²) >= 11 is 0. The van der Waals surface area contributed by atoms with Gasteiger partial charge in [-0.2, -0.15) is 0 Å². The Balaban J connectivity index is 1.59. The third kappa shape index (κ3) is 4.61. The van der Waals surface area contributed by atoms with Gasteiger partial charge in [0.25, 0.3) is 0 Å². The number of benzene rings is 1. The molecule has 1 aromatic carbocycles. The van der Waals surface area contributed by atoms with E-state index in [4.69, 9.17) is 0 Å². The largest absolute Gasteiger partial charge is 0.478 e. The number of aromatic carboxylic acids is 1. The lowest BCUT2D eigenvalue weighted by molar-refractivity contribution is -0.141. The number of carbonyl (C=O) groups excluding carboxylic acids is 2. The fourth-order valence-electron chi connectivity index (χ4n) is 7.39. The van der Waals surface area contributed by atoms with E-state index in [-0.39, 0.29) is 23.3 Å². The maximum absolute atomic E-state index is 14.0. The van der Waals surface area contributed by atoms with Crippen LogP contribution in [0.15, 0.2) is 18.2 Å². The zero-order valence-corrected chi connectivity index (χ0v) is 22.4. The van der Waals surface area contributed by atoms with Crippen LogP contribution in [0, 0.1) is 23.2 Å². The summed E-state index contributed by atoms with van der Waals surface area (Å²) in [4.78, 5) is 40.2. The van der Waals surface area contributed by atoms with Crippen LogP contribution >= 0.6 is 0 Å². The highest BCUT2D eigenvalue weighted by Gasteiger charge is 2.58. The lowest BCUT2D eigenvalue weighted by atomic mass is 9.54. The van der Waals surface area contributed by atoms with Gasteiger partial charge in [0, 0.05) is 17.0 Å². The van der Waals surface area contributed by atoms with E-state index in [9.17, 15) is 19.5 Å². The number of rotatable bonds is 2. The molecule has 0 unspecified atom stereocenters. The molecule has 2 fully saturated rings. The lowest BCUT2D eigenvalue weighted by Crippen LogP contribution is -2.59. The van der Waals surface area contributed by atoms with Crippen molar-refractivity contribution in [3.63, 3.8) is 0 Å². The van der Waals surface area contributed by atoms with Crippen LogP contribution in [0.4, 0.5) is 4.79 Å². The molecule has 0 bridgehead atoms. The van der Waals surface area contributed by atoms with Gasteiger partial charge in [0.2, 0.25) is 5.91 Å². The van der Waals surface area contributed by atoms with Crippen molar-refractivity contribution in [1.82, 2.24) is 10.2 Å². The summed E-state index contributed by atoms with van der Waals surface area (Å²) in [6, 6.07) is 5.33. The maximum Gasteiger partial charge on any atom is 0.335 e. The average molecular weight is 483 g/mol. The molecule has 35 heavy (non-hydrogen) atoms. The Hall–Kier alpha value is -2.37. The first-order valence-electron chi connectivity index (χ1n) is 13.2. The predicted molar refractivity (Wildman–Crippen MR) is 136 cm³/mol. The summed E-state index contributed by atoms with van der Waals surface area (Å²) in [5.41, 5.74) is 1.70. The van der Waals surface area contributed by atoms with Crippen molar-refractivity contribution in [2.24, 2.45) is 23.2 Å². The average Bonchev–Trinajstić information content (AvgIpc) is 3.08. The molecule has 0 heterocycles. The zero-order chi connectivity index (χ0) is 25.9. The van der Waals surface area contributed by atoms with E-state index in [2.05, 4.69) is 12.2 Å². The van der Waals surface area contributed by atoms with Crippen LogP contribution in [-0.4, -0.2) is 39.0 Å². The second-order valence-electron chi connectivity index (χ2n) is 13.3. The van der Waals surface area contributed by atoms with Gasteiger partial charge in [-0.1, -0.05) is 13.0 Å². The second-order valence-corrected chi connectivity index (χ2v) is 13.3. The Labute approximate surface area is 209 Å². The Bertz CT molecular complexity index is 1030. The van der Waals surface area contributed by atoms with Crippen molar-refractivity contribution >= 4 is 17.9 Å². The molecule has 3 aliphatic rings. The fourth-order valence-corrected chi connectivity index (χ4v) is 7.39. The monoisotopic (exact) mass is 482 g/mol. The number of aryl methyl sites for hydroxylation is 1. The van der Waals surface area contributed by atoms with Crippen LogP contribution in [0.2, 0.25) is 0 Å². The normalized spacial score (nSPS) is 30.0. The number of amides is 3. The molecule has 4 rings (SSSR count). The maximum atomic E-state index is 14.0. The SMILES string of the molecule is CC(C)(C)NC(=O)N(C(=O)[C@H]1CC[C@H]2[C@@H]3CCc4cc(C(=O)O)ccc4[C@H]3CC[C@]12C)C(C)(C)C. The summed E-state index contributed by atoms with van der Waals surface area (Å²) in [5, 5.41) is 12.4. The molecule has 1 aromatic rings. The quantitative estimate of drug-likeness (QED) is 0.542. The van der Waals surface area contributed by atoms with E-state index in [1.54, 1.807) is 6.07 Å². The van der Waals surface area contributed by atoms with Crippen LogP contribution in [0.3, 0.4) is 0 Å². The molecule has 3 aliphatic carbocycles. The fraction of sp³-hybridized carbons (Fsp3) is 0.690. The van der Waals surface area contributed by atoms with Crippen molar-refractivity contribution in [2.75, 3.05) is 0 Å². The second kappa shape index (κ2) is 8.63. The molecule has 0 spiro atoms. The zero-order valence-electron chi connectivity index (χ0n) is 22.4. The number of hydrogen-bond acceptors (Lipinski definition) is 3. The van der Waals surface area contributed by atoms with E-state index in [0.717, 1.165) is 38.5 Å². The summed E-state index contributed by atoms with van der Waals surface area (Å²) in [5.74, 6) is 0.300. The highest BCUT2D eigenvalue weighted by atomic mass is 16.4. The molecule has 192 valence electrons. The molecule has 0 saturated heterocycles. The minimum Gasteiger partial charge on any atom is -0.478 e. The van der Waals surface area contributed by atoms with Gasteiger partial charge in [-0.25, -0.2) is 9.59 Å². The van der Waals surface area contributed by atoms with Gasteiger partial charge in [0.05, 0.1) is 5.56 Å². The standard InChI is InChI=1S/C29H42N2O4/c1-27(2,3)30-26(35)31(28(4,5)6)24(32)23-13-12-22-21-11-8-17-16-18(25(33)34)9-10-19(17)20(21)14-15-29(22,23)7/h9-10,16,20-23H,8,11-15H2,1-7H3,(H,30,35)(H,33,34)/t20-,21-,22+,23-,29+/m1/s1. The molecule has 6 heteroatoms. The number of carboxylic acids is 1. The summed E-state index contributed by atoms with van der Waals surface area (Å²) in [6.07, 6.45) is 5.72. The van der Waals surface area contributed by atoms with Crippen molar-refractivity contribution in [3.05, 3.63) is 34.9 Å². The van der Waals surface area contributed by atoms with E-state index < -0.39 is 17.0 Å². The summed E-state index contributed by atoms with van der Waals surface area (Å²) in [6.45, 7) is 13.9. The van der Waals surface area contributed by atoms with Gasteiger partial charge < -0.3 is 10.4 Å². The number of hydrogen-bond donors (Lipinski definition) is 2. The Morgan fingerprint density at radius 3 is 2.31 bits per heavy atom. The Morgan fingerprint density at radius 2 is 1.71 bits per heavy atom. The van der Waals surface area contributed by atoms with Gasteiger partial charge in [-0.05, 0) is 126 Å². The van der Waals surface area contributed by atoms with Crippen LogP contribution in [0.25, 0.3) is 0 Å². The molecule has 0 aromatic heterocycles. The first-order chi connectivity index (χ1) is 16.1. The van der Waals surface area contributed by atoms with E-state index in [1.165, 1.54) is 16.0 Å². The molecule has 3 amide bonds. The topological polar surface area (TPSA) is 86.7 Å². The van der Waals surface area contributed by atoms with E-state index >= 15 is 0 Å². The lowest BCUT2D eigenvalue weighted by Gasteiger charge is -2.51. The first-order valence-corrected chi connectivity index (χ1v) is 13.2. The highest BCUT2D eigenvalue weighted by molar-refractivity contribution is 5.97.